The van der Waals surface area contributed by atoms with Crippen molar-refractivity contribution >= 4 is 0 Å². The van der Waals surface area contributed by atoms with Gasteiger partial charge in [-0.1, -0.05) is 6.07 Å². The van der Waals surface area contributed by atoms with Crippen LogP contribution in [0.1, 0.15) is 23.4 Å². The van der Waals surface area contributed by atoms with Crippen LogP contribution in [-0.2, 0) is 17.8 Å². The Balaban J connectivity index is 1.48. The molecule has 138 valence electrons. The van der Waals surface area contributed by atoms with Gasteiger partial charge in [0, 0.05) is 69.9 Å². The predicted octanol–water partition coefficient (Wildman–Crippen LogP) is 2.51. The zero-order valence-electron chi connectivity index (χ0n) is 15.7. The van der Waals surface area contributed by atoms with Crippen molar-refractivity contribution in [3.05, 3.63) is 59.7 Å². The van der Waals surface area contributed by atoms with Gasteiger partial charge in [0.05, 0.1) is 11.8 Å². The predicted molar refractivity (Wildman–Crippen MR) is 102 cm³/mol. The number of rotatable bonds is 5. The van der Waals surface area contributed by atoms with Crippen LogP contribution in [0.3, 0.4) is 0 Å². The lowest BCUT2D eigenvalue weighted by atomic mass is 9.89. The fourth-order valence-corrected chi connectivity index (χ4v) is 4.58. The Morgan fingerprint density at radius 2 is 1.96 bits per heavy atom. The number of hydrogen-bond donors (Lipinski definition) is 0. The maximum atomic E-state index is 5.84. The second kappa shape index (κ2) is 7.82. The number of methoxy groups -OCH3 is 1. The van der Waals surface area contributed by atoms with Crippen LogP contribution in [0.2, 0.25) is 0 Å². The fraction of sp³-hybridized carbons (Fsp3) is 0.524. The van der Waals surface area contributed by atoms with Gasteiger partial charge in [0.25, 0.3) is 0 Å². The highest BCUT2D eigenvalue weighted by Gasteiger charge is 2.44. The Hall–Kier alpha value is -1.82. The standard InChI is InChI=1S/C21H28N4O/c1-16-4-3-5-18(23-16)13-25-11-8-21(26-2)19-14-24(15-20(19)25)12-17-6-9-22-10-7-17/h3-7,9-10,19-21H,8,11-15H2,1-2H3/t19-,20+,21+/m0/s1. The minimum atomic E-state index is 0.365. The Morgan fingerprint density at radius 3 is 2.73 bits per heavy atom. The minimum absolute atomic E-state index is 0.365. The van der Waals surface area contributed by atoms with E-state index in [1.54, 1.807) is 0 Å². The summed E-state index contributed by atoms with van der Waals surface area (Å²) in [4.78, 5) is 14.0. The average Bonchev–Trinajstić information content (AvgIpc) is 3.07. The molecule has 2 aliphatic rings. The summed E-state index contributed by atoms with van der Waals surface area (Å²) >= 11 is 0. The Kier molecular flexibility index (Phi) is 5.29. The molecule has 26 heavy (non-hydrogen) atoms. The van der Waals surface area contributed by atoms with E-state index in [0.717, 1.165) is 44.8 Å². The molecule has 0 aliphatic carbocycles. The number of nitrogens with zero attached hydrogens (tertiary/aromatic N) is 4. The molecule has 2 aromatic rings. The van der Waals surface area contributed by atoms with Crippen LogP contribution in [0.5, 0.6) is 0 Å². The molecule has 5 nitrogen and oxygen atoms in total. The molecule has 2 aliphatic heterocycles. The van der Waals surface area contributed by atoms with Crippen molar-refractivity contribution in [1.82, 2.24) is 19.8 Å². The molecule has 0 aromatic carbocycles. The number of aromatic nitrogens is 2. The number of ether oxygens (including phenoxy) is 1. The molecule has 4 heterocycles. The van der Waals surface area contributed by atoms with E-state index in [9.17, 15) is 0 Å². The van der Waals surface area contributed by atoms with Gasteiger partial charge < -0.3 is 4.74 Å². The first-order valence-corrected chi connectivity index (χ1v) is 9.53. The van der Waals surface area contributed by atoms with Crippen molar-refractivity contribution in [2.24, 2.45) is 5.92 Å². The quantitative estimate of drug-likeness (QED) is 0.827. The highest BCUT2D eigenvalue weighted by molar-refractivity contribution is 5.12. The van der Waals surface area contributed by atoms with Crippen molar-refractivity contribution in [1.29, 1.82) is 0 Å². The summed E-state index contributed by atoms with van der Waals surface area (Å²) < 4.78 is 5.84. The van der Waals surface area contributed by atoms with Gasteiger partial charge in [0.2, 0.25) is 0 Å². The van der Waals surface area contributed by atoms with Crippen molar-refractivity contribution in [2.45, 2.75) is 38.6 Å². The number of aryl methyl sites for hydroxylation is 1. The van der Waals surface area contributed by atoms with E-state index >= 15 is 0 Å². The van der Waals surface area contributed by atoms with Crippen molar-refractivity contribution < 1.29 is 4.74 Å². The van der Waals surface area contributed by atoms with Gasteiger partial charge >= 0.3 is 0 Å². The summed E-state index contributed by atoms with van der Waals surface area (Å²) in [5.74, 6) is 0.570. The van der Waals surface area contributed by atoms with E-state index in [0.29, 0.717) is 18.1 Å². The highest BCUT2D eigenvalue weighted by atomic mass is 16.5. The molecule has 2 aromatic heterocycles. The molecule has 0 saturated carbocycles. The third kappa shape index (κ3) is 3.80. The van der Waals surface area contributed by atoms with Gasteiger partial charge in [-0.05, 0) is 43.2 Å². The van der Waals surface area contributed by atoms with Gasteiger partial charge in [-0.15, -0.1) is 0 Å². The second-order valence-electron chi connectivity index (χ2n) is 7.58. The van der Waals surface area contributed by atoms with E-state index in [1.165, 1.54) is 11.3 Å². The van der Waals surface area contributed by atoms with Gasteiger partial charge in [-0.25, -0.2) is 0 Å². The van der Waals surface area contributed by atoms with Crippen molar-refractivity contribution in [2.75, 3.05) is 26.7 Å². The minimum Gasteiger partial charge on any atom is -0.381 e. The third-order valence-electron chi connectivity index (χ3n) is 5.83. The summed E-state index contributed by atoms with van der Waals surface area (Å²) in [6, 6.07) is 11.1. The molecule has 0 bridgehead atoms. The van der Waals surface area contributed by atoms with Crippen LogP contribution in [0, 0.1) is 12.8 Å². The molecular formula is C21H28N4O. The molecule has 5 heteroatoms. The number of pyridine rings is 2. The number of fused-ring (bicyclic) bond motifs is 1. The van der Waals surface area contributed by atoms with Crippen LogP contribution in [-0.4, -0.2) is 58.7 Å². The molecule has 0 N–H and O–H groups in total. The number of piperidine rings is 1. The summed E-state index contributed by atoms with van der Waals surface area (Å²) in [7, 11) is 1.87. The van der Waals surface area contributed by atoms with Gasteiger partial charge in [-0.3, -0.25) is 19.8 Å². The van der Waals surface area contributed by atoms with E-state index in [1.807, 2.05) is 19.5 Å². The first kappa shape index (κ1) is 17.6. The largest absolute Gasteiger partial charge is 0.381 e. The molecule has 4 rings (SSSR count). The Bertz CT molecular complexity index is 723. The van der Waals surface area contributed by atoms with Gasteiger partial charge in [0.15, 0.2) is 0 Å². The van der Waals surface area contributed by atoms with Gasteiger partial charge in [-0.2, -0.15) is 0 Å². The van der Waals surface area contributed by atoms with Crippen LogP contribution in [0.4, 0.5) is 0 Å². The molecule has 0 unspecified atom stereocenters. The van der Waals surface area contributed by atoms with Crippen LogP contribution < -0.4 is 0 Å². The van der Waals surface area contributed by atoms with E-state index in [-0.39, 0.29) is 0 Å². The zero-order valence-corrected chi connectivity index (χ0v) is 15.7. The summed E-state index contributed by atoms with van der Waals surface area (Å²) in [6.45, 7) is 7.26. The molecule has 0 amide bonds. The Morgan fingerprint density at radius 1 is 1.12 bits per heavy atom. The monoisotopic (exact) mass is 352 g/mol. The van der Waals surface area contributed by atoms with E-state index in [4.69, 9.17) is 9.72 Å². The lowest BCUT2D eigenvalue weighted by molar-refractivity contribution is -0.0248. The first-order valence-electron chi connectivity index (χ1n) is 9.53. The maximum Gasteiger partial charge on any atom is 0.0639 e. The summed E-state index contributed by atoms with van der Waals surface area (Å²) in [6.07, 6.45) is 5.23. The summed E-state index contributed by atoms with van der Waals surface area (Å²) in [5.41, 5.74) is 3.60. The number of likely N-dealkylation sites (tertiary alicyclic amines) is 2. The summed E-state index contributed by atoms with van der Waals surface area (Å²) in [5, 5.41) is 0. The highest BCUT2D eigenvalue weighted by Crippen LogP contribution is 2.33. The smallest absolute Gasteiger partial charge is 0.0639 e. The van der Waals surface area contributed by atoms with E-state index < -0.39 is 0 Å². The Labute approximate surface area is 156 Å². The van der Waals surface area contributed by atoms with Crippen molar-refractivity contribution in [3.8, 4) is 0 Å². The van der Waals surface area contributed by atoms with Crippen LogP contribution >= 0.6 is 0 Å². The average molecular weight is 352 g/mol. The topological polar surface area (TPSA) is 41.5 Å². The first-order chi connectivity index (χ1) is 12.7. The number of hydrogen-bond acceptors (Lipinski definition) is 5. The molecule has 3 atom stereocenters. The van der Waals surface area contributed by atoms with Crippen molar-refractivity contribution in [3.63, 3.8) is 0 Å². The zero-order chi connectivity index (χ0) is 17.9. The fourth-order valence-electron chi connectivity index (χ4n) is 4.58. The lowest BCUT2D eigenvalue weighted by Crippen LogP contribution is -2.50. The van der Waals surface area contributed by atoms with Crippen LogP contribution in [0.25, 0.3) is 0 Å². The third-order valence-corrected chi connectivity index (χ3v) is 5.83. The molecular weight excluding hydrogens is 324 g/mol. The SMILES string of the molecule is CO[C@@H]1CCN(Cc2cccc(C)n2)[C@@H]2CN(Cc3ccncc3)C[C@@H]21. The molecule has 0 radical (unpaired) electrons. The maximum absolute atomic E-state index is 5.84. The van der Waals surface area contributed by atoms with Gasteiger partial charge in [0.1, 0.15) is 0 Å². The van der Waals surface area contributed by atoms with Crippen LogP contribution in [0.15, 0.2) is 42.7 Å². The van der Waals surface area contributed by atoms with E-state index in [2.05, 4.69) is 52.0 Å². The second-order valence-corrected chi connectivity index (χ2v) is 7.58. The molecule has 0 spiro atoms. The molecule has 2 saturated heterocycles. The lowest BCUT2D eigenvalue weighted by Gasteiger charge is -2.41. The molecule has 2 fully saturated rings. The normalized spacial score (nSPS) is 26.8.